The van der Waals surface area contributed by atoms with Crippen molar-refractivity contribution in [2.75, 3.05) is 0 Å². The van der Waals surface area contributed by atoms with E-state index in [1.807, 2.05) is 0 Å². The SMILES string of the molecule is CCC1CC(C(C)C(C)C)C1C. The number of hydrogen-bond donors (Lipinski definition) is 0. The van der Waals surface area contributed by atoms with E-state index in [-0.39, 0.29) is 0 Å². The first-order valence-electron chi connectivity index (χ1n) is 5.57. The van der Waals surface area contributed by atoms with Gasteiger partial charge >= 0.3 is 0 Å². The van der Waals surface area contributed by atoms with Gasteiger partial charge in [-0.05, 0) is 36.0 Å². The van der Waals surface area contributed by atoms with Gasteiger partial charge in [0.25, 0.3) is 0 Å². The Hall–Kier alpha value is 0. The van der Waals surface area contributed by atoms with Crippen LogP contribution in [0.1, 0.15) is 47.5 Å². The standard InChI is InChI=1S/C12H24/c1-6-11-7-12(10(11)5)9(4)8(2)3/h8-12H,6-7H2,1-5H3. The van der Waals surface area contributed by atoms with Crippen LogP contribution in [0, 0.1) is 29.6 Å². The van der Waals surface area contributed by atoms with Gasteiger partial charge in [-0.1, -0.05) is 41.0 Å². The van der Waals surface area contributed by atoms with Gasteiger partial charge in [-0.15, -0.1) is 0 Å². The summed E-state index contributed by atoms with van der Waals surface area (Å²) in [7, 11) is 0. The van der Waals surface area contributed by atoms with Gasteiger partial charge in [0, 0.05) is 0 Å². The van der Waals surface area contributed by atoms with Crippen molar-refractivity contribution in [2.45, 2.75) is 47.5 Å². The van der Waals surface area contributed by atoms with Crippen molar-refractivity contribution in [1.82, 2.24) is 0 Å². The Morgan fingerprint density at radius 1 is 1.25 bits per heavy atom. The van der Waals surface area contributed by atoms with Gasteiger partial charge in [0.2, 0.25) is 0 Å². The molecular formula is C12H24. The third kappa shape index (κ3) is 1.67. The highest BCUT2D eigenvalue weighted by atomic mass is 14.4. The Bertz CT molecular complexity index is 137. The van der Waals surface area contributed by atoms with Gasteiger partial charge in [-0.3, -0.25) is 0 Å². The van der Waals surface area contributed by atoms with E-state index in [1.165, 1.54) is 12.8 Å². The minimum Gasteiger partial charge on any atom is -0.0651 e. The lowest BCUT2D eigenvalue weighted by Gasteiger charge is -2.47. The quantitative estimate of drug-likeness (QED) is 0.598. The molecule has 1 saturated carbocycles. The first-order valence-corrected chi connectivity index (χ1v) is 5.57. The van der Waals surface area contributed by atoms with Crippen LogP contribution in [0.2, 0.25) is 0 Å². The first kappa shape index (κ1) is 10.1. The Morgan fingerprint density at radius 2 is 1.83 bits per heavy atom. The molecule has 1 fully saturated rings. The highest BCUT2D eigenvalue weighted by molar-refractivity contribution is 4.89. The third-order valence-electron chi connectivity index (χ3n) is 4.25. The zero-order valence-electron chi connectivity index (χ0n) is 9.30. The fourth-order valence-corrected chi connectivity index (χ4v) is 2.66. The first-order chi connectivity index (χ1) is 5.57. The zero-order valence-corrected chi connectivity index (χ0v) is 9.30. The second-order valence-electron chi connectivity index (χ2n) is 5.03. The molecular weight excluding hydrogens is 144 g/mol. The molecule has 1 aliphatic rings. The van der Waals surface area contributed by atoms with Crippen LogP contribution in [0.4, 0.5) is 0 Å². The summed E-state index contributed by atoms with van der Waals surface area (Å²) < 4.78 is 0. The Labute approximate surface area is 77.7 Å². The summed E-state index contributed by atoms with van der Waals surface area (Å²) in [5, 5.41) is 0. The van der Waals surface area contributed by atoms with Gasteiger partial charge in [0.1, 0.15) is 0 Å². The van der Waals surface area contributed by atoms with Crippen LogP contribution in [-0.2, 0) is 0 Å². The molecule has 0 bridgehead atoms. The lowest BCUT2D eigenvalue weighted by molar-refractivity contribution is 0.0231. The molecule has 1 rings (SSSR count). The third-order valence-corrected chi connectivity index (χ3v) is 4.25. The molecule has 0 heteroatoms. The molecule has 0 aromatic rings. The zero-order chi connectivity index (χ0) is 9.30. The molecule has 0 amide bonds. The van der Waals surface area contributed by atoms with Crippen LogP contribution >= 0.6 is 0 Å². The lowest BCUT2D eigenvalue weighted by Crippen LogP contribution is -2.39. The van der Waals surface area contributed by atoms with Crippen LogP contribution in [0.5, 0.6) is 0 Å². The maximum atomic E-state index is 2.45. The molecule has 1 aliphatic carbocycles. The molecule has 0 nitrogen and oxygen atoms in total. The normalized spacial score (nSPS) is 38.0. The Balaban J connectivity index is 2.38. The molecule has 0 aromatic carbocycles. The van der Waals surface area contributed by atoms with Crippen molar-refractivity contribution >= 4 is 0 Å². The smallest absolute Gasteiger partial charge is 0.0355 e. The fraction of sp³-hybridized carbons (Fsp3) is 1.00. The fourth-order valence-electron chi connectivity index (χ4n) is 2.66. The summed E-state index contributed by atoms with van der Waals surface area (Å²) >= 11 is 0. The summed E-state index contributed by atoms with van der Waals surface area (Å²) in [6, 6.07) is 0. The summed E-state index contributed by atoms with van der Waals surface area (Å²) in [5.74, 6) is 4.86. The molecule has 0 spiro atoms. The van der Waals surface area contributed by atoms with E-state index >= 15 is 0 Å². The molecule has 0 heterocycles. The summed E-state index contributed by atoms with van der Waals surface area (Å²) in [6.07, 6.45) is 2.89. The predicted molar refractivity (Wildman–Crippen MR) is 55.1 cm³/mol. The second-order valence-corrected chi connectivity index (χ2v) is 5.03. The summed E-state index contributed by atoms with van der Waals surface area (Å²) in [4.78, 5) is 0. The van der Waals surface area contributed by atoms with E-state index in [1.54, 1.807) is 0 Å². The van der Waals surface area contributed by atoms with Gasteiger partial charge in [-0.2, -0.15) is 0 Å². The molecule has 0 aromatic heterocycles. The van der Waals surface area contributed by atoms with Crippen LogP contribution in [0.25, 0.3) is 0 Å². The molecule has 0 aliphatic heterocycles. The molecule has 4 atom stereocenters. The van der Waals surface area contributed by atoms with Crippen LogP contribution in [0.3, 0.4) is 0 Å². The number of hydrogen-bond acceptors (Lipinski definition) is 0. The van der Waals surface area contributed by atoms with Crippen LogP contribution in [-0.4, -0.2) is 0 Å². The average molecular weight is 168 g/mol. The maximum Gasteiger partial charge on any atom is -0.0355 e. The van der Waals surface area contributed by atoms with Crippen molar-refractivity contribution in [3.63, 3.8) is 0 Å². The van der Waals surface area contributed by atoms with E-state index in [2.05, 4.69) is 34.6 Å². The Kier molecular flexibility index (Phi) is 3.20. The highest BCUT2D eigenvalue weighted by Crippen LogP contribution is 2.47. The van der Waals surface area contributed by atoms with Crippen molar-refractivity contribution in [1.29, 1.82) is 0 Å². The van der Waals surface area contributed by atoms with Gasteiger partial charge in [-0.25, -0.2) is 0 Å². The molecule has 0 N–H and O–H groups in total. The van der Waals surface area contributed by atoms with E-state index in [0.717, 1.165) is 29.6 Å². The topological polar surface area (TPSA) is 0 Å². The van der Waals surface area contributed by atoms with Gasteiger partial charge in [0.05, 0.1) is 0 Å². The van der Waals surface area contributed by atoms with Gasteiger partial charge in [0.15, 0.2) is 0 Å². The molecule has 0 radical (unpaired) electrons. The van der Waals surface area contributed by atoms with E-state index in [0.29, 0.717) is 0 Å². The Morgan fingerprint density at radius 3 is 2.17 bits per heavy atom. The lowest BCUT2D eigenvalue weighted by atomic mass is 9.58. The largest absolute Gasteiger partial charge is 0.0651 e. The van der Waals surface area contributed by atoms with E-state index < -0.39 is 0 Å². The molecule has 72 valence electrons. The predicted octanol–water partition coefficient (Wildman–Crippen LogP) is 3.96. The maximum absolute atomic E-state index is 2.45. The van der Waals surface area contributed by atoms with Crippen molar-refractivity contribution < 1.29 is 0 Å². The average Bonchev–Trinajstić information content (AvgIpc) is 2.02. The minimum absolute atomic E-state index is 0.871. The van der Waals surface area contributed by atoms with Crippen molar-refractivity contribution in [3.05, 3.63) is 0 Å². The summed E-state index contributed by atoms with van der Waals surface area (Å²) in [5.41, 5.74) is 0. The van der Waals surface area contributed by atoms with Crippen LogP contribution < -0.4 is 0 Å². The van der Waals surface area contributed by atoms with Crippen LogP contribution in [0.15, 0.2) is 0 Å². The monoisotopic (exact) mass is 168 g/mol. The van der Waals surface area contributed by atoms with E-state index in [4.69, 9.17) is 0 Å². The van der Waals surface area contributed by atoms with E-state index in [9.17, 15) is 0 Å². The molecule has 0 saturated heterocycles. The minimum atomic E-state index is 0.871. The van der Waals surface area contributed by atoms with Crippen molar-refractivity contribution in [3.8, 4) is 0 Å². The van der Waals surface area contributed by atoms with Gasteiger partial charge < -0.3 is 0 Å². The number of rotatable bonds is 3. The molecule has 4 unspecified atom stereocenters. The van der Waals surface area contributed by atoms with Crippen molar-refractivity contribution in [2.24, 2.45) is 29.6 Å². The molecule has 12 heavy (non-hydrogen) atoms. The highest BCUT2D eigenvalue weighted by Gasteiger charge is 2.39. The second kappa shape index (κ2) is 3.81. The summed E-state index contributed by atoms with van der Waals surface area (Å²) in [6.45, 7) is 11.9.